The van der Waals surface area contributed by atoms with Crippen LogP contribution >= 0.6 is 0 Å². The molecule has 6 nitrogen and oxygen atoms in total. The smallest absolute Gasteiger partial charge is 0.254 e. The number of carbonyl (C=O) groups is 1. The van der Waals surface area contributed by atoms with Gasteiger partial charge in [-0.1, -0.05) is 6.42 Å². The maximum atomic E-state index is 13.1. The Balaban J connectivity index is 1.60. The maximum absolute atomic E-state index is 13.1. The Morgan fingerprint density at radius 1 is 1.36 bits per heavy atom. The van der Waals surface area contributed by atoms with Crippen LogP contribution in [0.3, 0.4) is 0 Å². The van der Waals surface area contributed by atoms with E-state index in [0.717, 1.165) is 47.9 Å². The van der Waals surface area contributed by atoms with E-state index in [1.54, 1.807) is 7.11 Å². The Hall–Kier alpha value is -2.37. The van der Waals surface area contributed by atoms with Gasteiger partial charge in [-0.25, -0.2) is 4.98 Å². The number of aromatic amines is 1. The van der Waals surface area contributed by atoms with E-state index in [0.29, 0.717) is 6.54 Å². The van der Waals surface area contributed by atoms with E-state index in [2.05, 4.69) is 15.2 Å². The molecule has 1 unspecified atom stereocenters. The quantitative estimate of drug-likeness (QED) is 0.933. The van der Waals surface area contributed by atoms with Crippen LogP contribution in [-0.4, -0.2) is 46.2 Å². The first-order valence-electron chi connectivity index (χ1n) is 8.85. The van der Waals surface area contributed by atoms with Crippen molar-refractivity contribution >= 4 is 5.91 Å². The molecule has 2 aliphatic rings. The van der Waals surface area contributed by atoms with Gasteiger partial charge in [0.25, 0.3) is 5.91 Å². The topological polar surface area (TPSA) is 71.1 Å². The van der Waals surface area contributed by atoms with Gasteiger partial charge < -0.3 is 9.64 Å². The lowest BCUT2D eigenvalue weighted by molar-refractivity contribution is 0.0723. The molecule has 4 rings (SSSR count). The summed E-state index contributed by atoms with van der Waals surface area (Å²) in [4.78, 5) is 19.7. The fraction of sp³-hybridized carbons (Fsp3) is 0.526. The summed E-state index contributed by atoms with van der Waals surface area (Å²) in [5.41, 5.74) is 1.86. The Bertz CT molecular complexity index is 810. The number of rotatable bonds is 3. The number of nitrogens with zero attached hydrogens (tertiary/aromatic N) is 3. The molecule has 0 radical (unpaired) electrons. The van der Waals surface area contributed by atoms with Gasteiger partial charge >= 0.3 is 0 Å². The summed E-state index contributed by atoms with van der Waals surface area (Å²) < 4.78 is 5.25. The molecule has 2 fully saturated rings. The van der Waals surface area contributed by atoms with Gasteiger partial charge in [0.1, 0.15) is 11.6 Å². The van der Waals surface area contributed by atoms with Crippen molar-refractivity contribution in [1.29, 1.82) is 0 Å². The summed E-state index contributed by atoms with van der Waals surface area (Å²) in [5, 5.41) is 7.34. The highest BCUT2D eigenvalue weighted by Gasteiger charge is 2.53. The summed E-state index contributed by atoms with van der Waals surface area (Å²) in [5.74, 6) is 2.80. The van der Waals surface area contributed by atoms with Gasteiger partial charge in [0.2, 0.25) is 0 Å². The lowest BCUT2D eigenvalue weighted by Gasteiger charge is -2.41. The normalized spacial score (nSPS) is 21.4. The molecule has 0 bridgehead atoms. The zero-order valence-corrected chi connectivity index (χ0v) is 15.0. The van der Waals surface area contributed by atoms with Crippen molar-refractivity contribution in [2.24, 2.45) is 5.41 Å². The fourth-order valence-electron chi connectivity index (χ4n) is 4.31. The molecule has 2 aromatic rings. The average Bonchev–Trinajstić information content (AvgIpc) is 3.17. The average molecular weight is 340 g/mol. The lowest BCUT2D eigenvalue weighted by atomic mass is 9.62. The van der Waals surface area contributed by atoms with Crippen LogP contribution in [0.4, 0.5) is 0 Å². The van der Waals surface area contributed by atoms with Gasteiger partial charge in [0, 0.05) is 24.6 Å². The number of carbonyl (C=O) groups excluding carboxylic acids is 1. The molecule has 1 aliphatic heterocycles. The number of nitrogens with one attached hydrogen (secondary N) is 1. The van der Waals surface area contributed by atoms with Crippen LogP contribution in [0.2, 0.25) is 0 Å². The third-order valence-electron chi connectivity index (χ3n) is 5.87. The predicted molar refractivity (Wildman–Crippen MR) is 93.8 cm³/mol. The number of methoxy groups -OCH3 is 1. The molecule has 132 valence electrons. The highest BCUT2D eigenvalue weighted by atomic mass is 16.5. The van der Waals surface area contributed by atoms with Gasteiger partial charge in [-0.2, -0.15) is 5.10 Å². The molecule has 1 spiro atoms. The van der Waals surface area contributed by atoms with Crippen molar-refractivity contribution in [3.8, 4) is 5.75 Å². The number of aryl methyl sites for hydroxylation is 2. The summed E-state index contributed by atoms with van der Waals surface area (Å²) in [6, 6.07) is 5.64. The van der Waals surface area contributed by atoms with Crippen molar-refractivity contribution in [3.63, 3.8) is 0 Å². The molecule has 1 saturated carbocycles. The number of likely N-dealkylation sites (tertiary alicyclic amines) is 1. The fourth-order valence-corrected chi connectivity index (χ4v) is 4.31. The number of benzene rings is 1. The van der Waals surface area contributed by atoms with Crippen LogP contribution in [0.15, 0.2) is 18.2 Å². The lowest BCUT2D eigenvalue weighted by Crippen LogP contribution is -2.38. The second-order valence-corrected chi connectivity index (χ2v) is 7.41. The maximum Gasteiger partial charge on any atom is 0.254 e. The number of H-pyrrole nitrogens is 1. The number of amides is 1. The third kappa shape index (κ3) is 2.60. The van der Waals surface area contributed by atoms with Crippen LogP contribution in [0.25, 0.3) is 0 Å². The number of hydrogen-bond acceptors (Lipinski definition) is 4. The minimum absolute atomic E-state index is 0.0983. The van der Waals surface area contributed by atoms with E-state index in [9.17, 15) is 4.79 Å². The zero-order chi connectivity index (χ0) is 17.6. The zero-order valence-electron chi connectivity index (χ0n) is 15.0. The van der Waals surface area contributed by atoms with E-state index in [1.807, 2.05) is 36.9 Å². The first kappa shape index (κ1) is 16.1. The summed E-state index contributed by atoms with van der Waals surface area (Å²) in [7, 11) is 1.64. The molecular formula is C19H24N4O2. The Kier molecular flexibility index (Phi) is 3.78. The Morgan fingerprint density at radius 2 is 2.16 bits per heavy atom. The van der Waals surface area contributed by atoms with Gasteiger partial charge in [0.15, 0.2) is 5.82 Å². The van der Waals surface area contributed by atoms with Gasteiger partial charge in [-0.3, -0.25) is 9.89 Å². The van der Waals surface area contributed by atoms with Crippen LogP contribution in [-0.2, 0) is 0 Å². The molecule has 1 aromatic heterocycles. The molecule has 1 atom stereocenters. The van der Waals surface area contributed by atoms with Crippen LogP contribution < -0.4 is 4.74 Å². The SMILES string of the molecule is COc1ccc(C(=O)N2CC(c3n[nH]c(C)n3)C3(CCC3)C2)c(C)c1. The second-order valence-electron chi connectivity index (χ2n) is 7.41. The highest BCUT2D eigenvalue weighted by Crippen LogP contribution is 2.55. The second kappa shape index (κ2) is 5.86. The van der Waals surface area contributed by atoms with E-state index in [4.69, 9.17) is 4.74 Å². The molecule has 1 aromatic carbocycles. The molecule has 6 heteroatoms. The summed E-state index contributed by atoms with van der Waals surface area (Å²) >= 11 is 0. The van der Waals surface area contributed by atoms with Crippen molar-refractivity contribution in [2.45, 2.75) is 39.0 Å². The largest absolute Gasteiger partial charge is 0.497 e. The van der Waals surface area contributed by atoms with Crippen molar-refractivity contribution in [3.05, 3.63) is 41.0 Å². The van der Waals surface area contributed by atoms with Crippen molar-refractivity contribution < 1.29 is 9.53 Å². The molecule has 2 heterocycles. The molecule has 1 N–H and O–H groups in total. The Labute approximate surface area is 147 Å². The van der Waals surface area contributed by atoms with E-state index in [-0.39, 0.29) is 17.2 Å². The first-order valence-corrected chi connectivity index (χ1v) is 8.85. The molecule has 1 amide bonds. The molecule has 1 aliphatic carbocycles. The molecule has 25 heavy (non-hydrogen) atoms. The number of hydrogen-bond donors (Lipinski definition) is 1. The van der Waals surface area contributed by atoms with E-state index >= 15 is 0 Å². The summed E-state index contributed by atoms with van der Waals surface area (Å²) in [6.45, 7) is 5.38. The van der Waals surface area contributed by atoms with E-state index in [1.165, 1.54) is 6.42 Å². The molecular weight excluding hydrogens is 316 g/mol. The number of aromatic nitrogens is 3. The third-order valence-corrected chi connectivity index (χ3v) is 5.87. The standard InChI is InChI=1S/C19H24N4O2/c1-12-9-14(25-3)5-6-15(12)18(24)23-10-16(17-20-13(2)21-22-17)19(11-23)7-4-8-19/h5-6,9,16H,4,7-8,10-11H2,1-3H3,(H,20,21,22). The van der Waals surface area contributed by atoms with Gasteiger partial charge in [0.05, 0.1) is 7.11 Å². The van der Waals surface area contributed by atoms with Crippen molar-refractivity contribution in [1.82, 2.24) is 20.1 Å². The monoisotopic (exact) mass is 340 g/mol. The van der Waals surface area contributed by atoms with Crippen LogP contribution in [0.1, 0.15) is 52.8 Å². The van der Waals surface area contributed by atoms with Crippen LogP contribution in [0.5, 0.6) is 5.75 Å². The van der Waals surface area contributed by atoms with E-state index < -0.39 is 0 Å². The highest BCUT2D eigenvalue weighted by molar-refractivity contribution is 5.96. The minimum Gasteiger partial charge on any atom is -0.497 e. The van der Waals surface area contributed by atoms with Gasteiger partial charge in [-0.15, -0.1) is 0 Å². The summed E-state index contributed by atoms with van der Waals surface area (Å²) in [6.07, 6.45) is 3.52. The van der Waals surface area contributed by atoms with Crippen molar-refractivity contribution in [2.75, 3.05) is 20.2 Å². The van der Waals surface area contributed by atoms with Crippen LogP contribution in [0, 0.1) is 19.3 Å². The van der Waals surface area contributed by atoms with Gasteiger partial charge in [-0.05, 0) is 55.9 Å². The predicted octanol–water partition coefficient (Wildman–Crippen LogP) is 2.84. The Morgan fingerprint density at radius 3 is 2.72 bits per heavy atom. The molecule has 1 saturated heterocycles. The first-order chi connectivity index (χ1) is 12.0. The number of ether oxygens (including phenoxy) is 1. The minimum atomic E-state index is 0.0983.